The third kappa shape index (κ3) is 6.01. The molecule has 0 saturated carbocycles. The number of halogens is 3. The van der Waals surface area contributed by atoms with Gasteiger partial charge in [-0.3, -0.25) is 9.69 Å². The summed E-state index contributed by atoms with van der Waals surface area (Å²) in [6.07, 6.45) is 4.11. The van der Waals surface area contributed by atoms with Crippen molar-refractivity contribution in [2.45, 2.75) is 25.5 Å². The Hall–Kier alpha value is -4.46. The summed E-state index contributed by atoms with van der Waals surface area (Å²) >= 11 is 0. The maximum Gasteiger partial charge on any atom is 0.547 e. The lowest BCUT2D eigenvalue weighted by molar-refractivity contribution is -0.144. The molecule has 216 valence electrons. The van der Waals surface area contributed by atoms with Gasteiger partial charge in [0.1, 0.15) is 28.7 Å². The van der Waals surface area contributed by atoms with Crippen LogP contribution < -0.4 is 17.3 Å². The Balaban J connectivity index is 0.00000387. The minimum Gasteiger partial charge on any atom is -1.00 e. The zero-order valence-electron chi connectivity index (χ0n) is 22.1. The number of amides is 2. The molecule has 1 N–H and O–H groups in total. The first kappa shape index (κ1) is 29.5. The zero-order chi connectivity index (χ0) is 28.4. The molecule has 0 aliphatic carbocycles. The van der Waals surface area contributed by atoms with Crippen molar-refractivity contribution in [1.82, 2.24) is 35.0 Å². The van der Waals surface area contributed by atoms with E-state index in [2.05, 4.69) is 27.0 Å². The average molecular weight is 590 g/mol. The van der Waals surface area contributed by atoms with Crippen LogP contribution in [0.5, 0.6) is 0 Å². The predicted octanol–water partition coefficient (Wildman–Crippen LogP) is -1.62. The first-order valence-electron chi connectivity index (χ1n) is 12.3. The molecular weight excluding hydrogens is 564 g/mol. The van der Waals surface area contributed by atoms with E-state index in [-0.39, 0.29) is 44.5 Å². The SMILES string of the molecule is CC(=O)OCN1[C+]=NN(C[C@@](O)(c2ccc(F)cc2F)[C@@H](C)N2CCN(c3ccc(-n4cnnn4)cc3)C2=O)C1.[Cl-]. The second-order valence-corrected chi connectivity index (χ2v) is 9.43. The van der Waals surface area contributed by atoms with E-state index in [1.54, 1.807) is 36.1 Å². The van der Waals surface area contributed by atoms with Crippen LogP contribution >= 0.6 is 0 Å². The topological polar surface area (TPSA) is 133 Å². The van der Waals surface area contributed by atoms with E-state index in [9.17, 15) is 19.1 Å². The molecule has 3 heterocycles. The van der Waals surface area contributed by atoms with Gasteiger partial charge in [-0.25, -0.2) is 23.3 Å². The number of hydrazone groups is 1. The molecule has 3 aromatic rings. The molecule has 0 radical (unpaired) electrons. The van der Waals surface area contributed by atoms with E-state index in [1.807, 2.05) is 0 Å². The third-order valence-corrected chi connectivity index (χ3v) is 6.88. The molecule has 0 spiro atoms. The molecular formula is C25H26ClF2N9O4. The summed E-state index contributed by atoms with van der Waals surface area (Å²) in [5.41, 5.74) is -0.867. The van der Waals surface area contributed by atoms with Crippen molar-refractivity contribution in [3.63, 3.8) is 0 Å². The van der Waals surface area contributed by atoms with E-state index < -0.39 is 35.3 Å². The molecule has 2 amide bonds. The standard InChI is InChI=1S/C25H26F2N9O4.ClH/c1-17(34-9-10-35(24(34)38)20-4-6-21(7-5-20)36-13-28-30-31-36)25(39,22-8-3-19(26)11-23(22)27)12-33-15-32(14-29-33)16-40-18(2)37;/h3-8,11,13,17,39H,9-10,12,15-16H2,1-2H3;1H/q+1;/p-1/t17-,25+;/m1./s1. The minimum absolute atomic E-state index is 0. The van der Waals surface area contributed by atoms with Crippen LogP contribution in [-0.2, 0) is 15.1 Å². The number of esters is 1. The van der Waals surface area contributed by atoms with Crippen molar-refractivity contribution >= 4 is 24.0 Å². The van der Waals surface area contributed by atoms with Gasteiger partial charge in [0.25, 0.3) is 0 Å². The van der Waals surface area contributed by atoms with Crippen molar-refractivity contribution in [2.75, 3.05) is 37.9 Å². The van der Waals surface area contributed by atoms with Crippen LogP contribution in [0.25, 0.3) is 5.69 Å². The summed E-state index contributed by atoms with van der Waals surface area (Å²) < 4.78 is 35.3. The first-order chi connectivity index (χ1) is 19.2. The van der Waals surface area contributed by atoms with E-state index in [1.165, 1.54) is 32.7 Å². The summed E-state index contributed by atoms with van der Waals surface area (Å²) in [7, 11) is 0. The number of rotatable bonds is 9. The van der Waals surface area contributed by atoms with Crippen LogP contribution in [-0.4, -0.2) is 97.5 Å². The first-order valence-corrected chi connectivity index (χ1v) is 12.3. The number of carbonyl (C=O) groups excluding carboxylic acids is 2. The van der Waals surface area contributed by atoms with Crippen molar-refractivity contribution in [3.05, 3.63) is 66.0 Å². The number of aromatic nitrogens is 4. The van der Waals surface area contributed by atoms with Gasteiger partial charge < -0.3 is 27.2 Å². The van der Waals surface area contributed by atoms with Gasteiger partial charge in [-0.2, -0.15) is 0 Å². The Bertz CT molecular complexity index is 1410. The van der Waals surface area contributed by atoms with Gasteiger partial charge in [-0.05, 0) is 47.7 Å². The molecule has 1 saturated heterocycles. The van der Waals surface area contributed by atoms with E-state index in [0.29, 0.717) is 24.0 Å². The minimum atomic E-state index is -2.00. The van der Waals surface area contributed by atoms with Crippen LogP contribution in [0.1, 0.15) is 19.4 Å². The van der Waals surface area contributed by atoms with E-state index in [4.69, 9.17) is 4.74 Å². The second-order valence-electron chi connectivity index (χ2n) is 9.43. The number of β-amino-alcohol motifs (C(OH)–C–C–N with tert-alkyl or cyclic N) is 1. The van der Waals surface area contributed by atoms with Gasteiger partial charge in [0, 0.05) is 37.3 Å². The van der Waals surface area contributed by atoms with Crippen LogP contribution in [0.4, 0.5) is 19.3 Å². The molecule has 0 bridgehead atoms. The second kappa shape index (κ2) is 12.0. The largest absolute Gasteiger partial charge is 1.00 e. The third-order valence-electron chi connectivity index (χ3n) is 6.88. The maximum atomic E-state index is 15.1. The van der Waals surface area contributed by atoms with Gasteiger partial charge in [0.2, 0.25) is 6.73 Å². The fraction of sp³-hybridized carbons (Fsp3) is 0.360. The number of urea groups is 1. The van der Waals surface area contributed by atoms with E-state index in [0.717, 1.165) is 12.1 Å². The molecule has 0 unspecified atom stereocenters. The Morgan fingerprint density at radius 1 is 1.17 bits per heavy atom. The van der Waals surface area contributed by atoms with Crippen LogP contribution in [0.3, 0.4) is 0 Å². The molecule has 13 nitrogen and oxygen atoms in total. The molecule has 2 atom stereocenters. The molecule has 2 aliphatic rings. The lowest BCUT2D eigenvalue weighted by atomic mass is 9.85. The Labute approximate surface area is 240 Å². The number of hydrogen-bond donors (Lipinski definition) is 1. The fourth-order valence-corrected chi connectivity index (χ4v) is 4.75. The molecule has 1 fully saturated rings. The van der Waals surface area contributed by atoms with Gasteiger partial charge in [0.15, 0.2) is 6.67 Å². The summed E-state index contributed by atoms with van der Waals surface area (Å²) in [6, 6.07) is 8.58. The van der Waals surface area contributed by atoms with Crippen molar-refractivity contribution < 1.29 is 40.6 Å². The lowest BCUT2D eigenvalue weighted by Gasteiger charge is -2.40. The number of carbonyl (C=O) groups is 2. The quantitative estimate of drug-likeness (QED) is 0.231. The summed E-state index contributed by atoms with van der Waals surface area (Å²) in [5.74, 6) is -2.24. The predicted molar refractivity (Wildman–Crippen MR) is 136 cm³/mol. The zero-order valence-corrected chi connectivity index (χ0v) is 22.8. The van der Waals surface area contributed by atoms with Gasteiger partial charge in [0.05, 0.1) is 18.3 Å². The van der Waals surface area contributed by atoms with Crippen molar-refractivity contribution in [2.24, 2.45) is 5.10 Å². The summed E-state index contributed by atoms with van der Waals surface area (Å²) in [6.45, 7) is 3.14. The Morgan fingerprint density at radius 3 is 2.56 bits per heavy atom. The maximum absolute atomic E-state index is 15.1. The Kier molecular flexibility index (Phi) is 8.61. The summed E-state index contributed by atoms with van der Waals surface area (Å²) in [5, 5.41) is 28.6. The van der Waals surface area contributed by atoms with Crippen molar-refractivity contribution in [3.8, 4) is 5.69 Å². The van der Waals surface area contributed by atoms with Crippen LogP contribution in [0.2, 0.25) is 0 Å². The molecule has 41 heavy (non-hydrogen) atoms. The van der Waals surface area contributed by atoms with Crippen LogP contribution in [0.15, 0.2) is 53.9 Å². The highest BCUT2D eigenvalue weighted by Gasteiger charge is 2.48. The molecule has 5 rings (SSSR count). The highest BCUT2D eigenvalue weighted by atomic mass is 35.5. The number of anilines is 1. The number of benzene rings is 2. The van der Waals surface area contributed by atoms with E-state index >= 15 is 4.39 Å². The van der Waals surface area contributed by atoms with Gasteiger partial charge in [-0.1, -0.05) is 11.0 Å². The Morgan fingerprint density at radius 2 is 1.90 bits per heavy atom. The van der Waals surface area contributed by atoms with Gasteiger partial charge >= 0.3 is 18.3 Å². The fourth-order valence-electron chi connectivity index (χ4n) is 4.75. The lowest BCUT2D eigenvalue weighted by Crippen LogP contribution is -3.00. The molecule has 16 heteroatoms. The highest BCUT2D eigenvalue weighted by Crippen LogP contribution is 2.35. The normalized spacial score (nSPS) is 16.9. The monoisotopic (exact) mass is 589 g/mol. The number of hydrogen-bond acceptors (Lipinski definition) is 10. The summed E-state index contributed by atoms with van der Waals surface area (Å²) in [4.78, 5) is 29.1. The molecule has 2 aliphatic heterocycles. The van der Waals surface area contributed by atoms with Gasteiger partial charge in [-0.15, -0.1) is 5.10 Å². The van der Waals surface area contributed by atoms with Crippen molar-refractivity contribution in [1.29, 1.82) is 0 Å². The number of tetrazole rings is 1. The smallest absolute Gasteiger partial charge is 0.547 e. The molecule has 1 aromatic heterocycles. The van der Waals surface area contributed by atoms with Crippen LogP contribution in [0, 0.1) is 11.6 Å². The molecule has 2 aromatic carbocycles. The average Bonchev–Trinajstić information content (AvgIpc) is 3.69. The number of nitrogens with zero attached hydrogens (tertiary/aromatic N) is 9. The highest BCUT2D eigenvalue weighted by molar-refractivity contribution is 5.94. The number of aliphatic hydroxyl groups is 1. The number of ether oxygens (including phenoxy) is 1.